The summed E-state index contributed by atoms with van der Waals surface area (Å²) >= 11 is 0. The highest BCUT2D eigenvalue weighted by Gasteiger charge is 2.39. The largest absolute Gasteiger partial charge is 0.381 e. The monoisotopic (exact) mass is 423 g/mol. The van der Waals surface area contributed by atoms with E-state index >= 15 is 0 Å². The van der Waals surface area contributed by atoms with Crippen molar-refractivity contribution >= 4 is 27.3 Å². The van der Waals surface area contributed by atoms with Crippen LogP contribution in [0.3, 0.4) is 0 Å². The Morgan fingerprint density at radius 1 is 1.21 bits per heavy atom. The van der Waals surface area contributed by atoms with Crippen LogP contribution in [0.25, 0.3) is 0 Å². The van der Waals surface area contributed by atoms with Gasteiger partial charge in [-0.25, -0.2) is 8.42 Å². The van der Waals surface area contributed by atoms with Gasteiger partial charge in [0.1, 0.15) is 0 Å². The molecule has 2 saturated heterocycles. The van der Waals surface area contributed by atoms with Crippen LogP contribution in [0.2, 0.25) is 0 Å². The average Bonchev–Trinajstić information content (AvgIpc) is 3.23. The summed E-state index contributed by atoms with van der Waals surface area (Å²) in [4.78, 5) is 12.7. The quantitative estimate of drug-likeness (QED) is 0.695. The van der Waals surface area contributed by atoms with Gasteiger partial charge >= 0.3 is 0 Å². The molecule has 1 saturated carbocycles. The molecule has 29 heavy (non-hydrogen) atoms. The fourth-order valence-corrected chi connectivity index (χ4v) is 5.25. The van der Waals surface area contributed by atoms with Gasteiger partial charge in [-0.1, -0.05) is 6.92 Å². The third-order valence-corrected chi connectivity index (χ3v) is 7.74. The summed E-state index contributed by atoms with van der Waals surface area (Å²) in [5.41, 5.74) is 1.21. The molecule has 1 aromatic rings. The number of morpholine rings is 1. The number of amides is 1. The van der Waals surface area contributed by atoms with Crippen molar-refractivity contribution in [2.24, 2.45) is 11.8 Å². The maximum absolute atomic E-state index is 13.0. The lowest BCUT2D eigenvalue weighted by Crippen LogP contribution is -2.40. The number of benzene rings is 1. The second-order valence-corrected chi connectivity index (χ2v) is 9.99. The van der Waals surface area contributed by atoms with E-state index in [0.29, 0.717) is 50.1 Å². The molecule has 3 aliphatic rings. The first-order valence-corrected chi connectivity index (χ1v) is 11.8. The van der Waals surface area contributed by atoms with Gasteiger partial charge in [0.15, 0.2) is 0 Å². The Labute approximate surface area is 172 Å². The first-order valence-electron chi connectivity index (χ1n) is 10.3. The third-order valence-electron chi connectivity index (χ3n) is 5.85. The van der Waals surface area contributed by atoms with Crippen molar-refractivity contribution in [2.75, 3.05) is 50.1 Å². The molecule has 3 unspecified atom stereocenters. The zero-order chi connectivity index (χ0) is 20.4. The van der Waals surface area contributed by atoms with Crippen molar-refractivity contribution in [2.45, 2.75) is 37.2 Å². The van der Waals surface area contributed by atoms with E-state index in [1.165, 1.54) is 4.31 Å². The molecule has 3 atom stereocenters. The summed E-state index contributed by atoms with van der Waals surface area (Å²) in [6, 6.07) is 4.89. The summed E-state index contributed by atoms with van der Waals surface area (Å²) in [6.45, 7) is 4.89. The molecule has 3 fully saturated rings. The minimum atomic E-state index is -3.63. The first-order chi connectivity index (χ1) is 13.9. The predicted octanol–water partition coefficient (Wildman–Crippen LogP) is 1.89. The van der Waals surface area contributed by atoms with Crippen molar-refractivity contribution in [1.82, 2.24) is 4.31 Å². The van der Waals surface area contributed by atoms with Gasteiger partial charge in [-0.2, -0.15) is 4.31 Å². The van der Waals surface area contributed by atoms with Gasteiger partial charge in [0, 0.05) is 32.2 Å². The van der Waals surface area contributed by atoms with E-state index < -0.39 is 10.0 Å². The van der Waals surface area contributed by atoms with Crippen molar-refractivity contribution in [1.29, 1.82) is 0 Å². The molecule has 0 bridgehead atoms. The second-order valence-electron chi connectivity index (χ2n) is 8.05. The Morgan fingerprint density at radius 3 is 2.62 bits per heavy atom. The SMILES string of the molecule is CC1CC1C(=O)Nc1cc(S(=O)(=O)N2CCOCC2)ccc1NCC1CCCO1. The van der Waals surface area contributed by atoms with Crippen molar-refractivity contribution in [3.63, 3.8) is 0 Å². The lowest BCUT2D eigenvalue weighted by Gasteiger charge is -2.26. The van der Waals surface area contributed by atoms with Gasteiger partial charge in [-0.15, -0.1) is 0 Å². The zero-order valence-corrected chi connectivity index (χ0v) is 17.5. The Morgan fingerprint density at radius 2 is 1.97 bits per heavy atom. The maximum Gasteiger partial charge on any atom is 0.243 e. The molecule has 160 valence electrons. The highest BCUT2D eigenvalue weighted by molar-refractivity contribution is 7.89. The smallest absolute Gasteiger partial charge is 0.243 e. The molecular formula is C20H29N3O5S. The van der Waals surface area contributed by atoms with Crippen molar-refractivity contribution in [3.8, 4) is 0 Å². The van der Waals surface area contributed by atoms with Crippen LogP contribution in [0, 0.1) is 11.8 Å². The number of hydrogen-bond acceptors (Lipinski definition) is 6. The van der Waals surface area contributed by atoms with E-state index in [1.807, 2.05) is 6.92 Å². The van der Waals surface area contributed by atoms with Gasteiger partial charge in [-0.3, -0.25) is 4.79 Å². The Hall–Kier alpha value is -1.68. The van der Waals surface area contributed by atoms with Gasteiger partial charge in [0.25, 0.3) is 0 Å². The Balaban J connectivity index is 1.56. The molecule has 2 heterocycles. The van der Waals surface area contributed by atoms with Gasteiger partial charge < -0.3 is 20.1 Å². The molecule has 2 N–H and O–H groups in total. The maximum atomic E-state index is 13.0. The zero-order valence-electron chi connectivity index (χ0n) is 16.7. The van der Waals surface area contributed by atoms with Crippen LogP contribution in [0.15, 0.2) is 23.1 Å². The number of ether oxygens (including phenoxy) is 2. The van der Waals surface area contributed by atoms with Gasteiger partial charge in [0.2, 0.25) is 15.9 Å². The molecule has 0 spiro atoms. The Bertz CT molecular complexity index is 848. The number of rotatable bonds is 7. The van der Waals surface area contributed by atoms with E-state index in [0.717, 1.165) is 25.9 Å². The average molecular weight is 424 g/mol. The number of carbonyl (C=O) groups excluding carboxylic acids is 1. The summed E-state index contributed by atoms with van der Waals surface area (Å²) in [6.07, 6.45) is 3.05. The number of sulfonamides is 1. The van der Waals surface area contributed by atoms with Crippen LogP contribution in [-0.2, 0) is 24.3 Å². The summed E-state index contributed by atoms with van der Waals surface area (Å²) in [7, 11) is -3.63. The Kier molecular flexibility index (Phi) is 6.10. The number of nitrogens with one attached hydrogen (secondary N) is 2. The van der Waals surface area contributed by atoms with E-state index in [2.05, 4.69) is 10.6 Å². The number of nitrogens with zero attached hydrogens (tertiary/aromatic N) is 1. The van der Waals surface area contributed by atoms with Crippen LogP contribution in [0.1, 0.15) is 26.2 Å². The van der Waals surface area contributed by atoms with E-state index in [1.54, 1.807) is 18.2 Å². The molecular weight excluding hydrogens is 394 g/mol. The minimum absolute atomic E-state index is 0.000483. The lowest BCUT2D eigenvalue weighted by molar-refractivity contribution is -0.117. The molecule has 0 aromatic heterocycles. The molecule has 4 rings (SSSR count). The first kappa shape index (κ1) is 20.6. The van der Waals surface area contributed by atoms with Crippen LogP contribution in [0.4, 0.5) is 11.4 Å². The highest BCUT2D eigenvalue weighted by atomic mass is 32.2. The van der Waals surface area contributed by atoms with Crippen LogP contribution < -0.4 is 10.6 Å². The molecule has 2 aliphatic heterocycles. The fourth-order valence-electron chi connectivity index (χ4n) is 3.82. The van der Waals surface area contributed by atoms with E-state index in [9.17, 15) is 13.2 Å². The molecule has 1 aromatic carbocycles. The summed E-state index contributed by atoms with van der Waals surface area (Å²) < 4.78 is 38.4. The molecule has 9 heteroatoms. The molecule has 1 aliphatic carbocycles. The minimum Gasteiger partial charge on any atom is -0.381 e. The van der Waals surface area contributed by atoms with Gasteiger partial charge in [-0.05, 0) is 43.4 Å². The molecule has 0 radical (unpaired) electrons. The van der Waals surface area contributed by atoms with Crippen LogP contribution in [0.5, 0.6) is 0 Å². The lowest BCUT2D eigenvalue weighted by atomic mass is 10.2. The standard InChI is InChI=1S/C20H29N3O5S/c1-14-11-17(14)20(24)22-19-12-16(29(25,26)23-6-9-27-10-7-23)4-5-18(19)21-13-15-3-2-8-28-15/h4-5,12,14-15,17,21H,2-3,6-11,13H2,1H3,(H,22,24). The number of carbonyl (C=O) groups is 1. The second kappa shape index (κ2) is 8.59. The highest BCUT2D eigenvalue weighted by Crippen LogP contribution is 2.39. The normalized spacial score (nSPS) is 27.6. The van der Waals surface area contributed by atoms with Crippen molar-refractivity contribution < 1.29 is 22.7 Å². The molecule has 1 amide bonds. The van der Waals surface area contributed by atoms with Crippen molar-refractivity contribution in [3.05, 3.63) is 18.2 Å². The summed E-state index contributed by atoms with van der Waals surface area (Å²) in [5, 5.41) is 6.26. The van der Waals surface area contributed by atoms with E-state index in [4.69, 9.17) is 9.47 Å². The van der Waals surface area contributed by atoms with Gasteiger partial charge in [0.05, 0.1) is 35.6 Å². The van der Waals surface area contributed by atoms with Crippen LogP contribution in [-0.4, -0.2) is 64.2 Å². The molecule has 8 nitrogen and oxygen atoms in total. The summed E-state index contributed by atoms with van der Waals surface area (Å²) in [5.74, 6) is 0.317. The third kappa shape index (κ3) is 4.74. The van der Waals surface area contributed by atoms with Crippen LogP contribution >= 0.6 is 0 Å². The topological polar surface area (TPSA) is 97.0 Å². The predicted molar refractivity (Wildman–Crippen MR) is 109 cm³/mol. The number of anilines is 2. The fraction of sp³-hybridized carbons (Fsp3) is 0.650. The van der Waals surface area contributed by atoms with E-state index in [-0.39, 0.29) is 22.8 Å². The number of hydrogen-bond donors (Lipinski definition) is 2.